The lowest BCUT2D eigenvalue weighted by Crippen LogP contribution is -1.91. The number of rotatable bonds is 1. The van der Waals surface area contributed by atoms with Gasteiger partial charge in [-0.1, -0.05) is 12.2 Å². The summed E-state index contributed by atoms with van der Waals surface area (Å²) in [5, 5.41) is 0. The van der Waals surface area contributed by atoms with Crippen LogP contribution in [0.3, 0.4) is 0 Å². The summed E-state index contributed by atoms with van der Waals surface area (Å²) in [4.78, 5) is 0. The van der Waals surface area contributed by atoms with Crippen molar-refractivity contribution in [1.82, 2.24) is 0 Å². The third-order valence-corrected chi connectivity index (χ3v) is 4.29. The van der Waals surface area contributed by atoms with E-state index in [-0.39, 0.29) is 7.53 Å². The van der Waals surface area contributed by atoms with Crippen molar-refractivity contribution in [2.24, 2.45) is 0 Å². The third-order valence-electron chi connectivity index (χ3n) is 2.38. The summed E-state index contributed by atoms with van der Waals surface area (Å²) in [5.41, 5.74) is 3.04. The van der Waals surface area contributed by atoms with Crippen LogP contribution in [0.2, 0.25) is 0 Å². The summed E-state index contributed by atoms with van der Waals surface area (Å²) in [7, 11) is 0.0896. The van der Waals surface area contributed by atoms with Gasteiger partial charge in [0.2, 0.25) is 0 Å². The van der Waals surface area contributed by atoms with Gasteiger partial charge in [0.15, 0.2) is 0 Å². The molecular formula is C11H14P+. The van der Waals surface area contributed by atoms with Crippen LogP contribution in [0.5, 0.6) is 0 Å². The first-order valence-electron chi connectivity index (χ1n) is 4.58. The van der Waals surface area contributed by atoms with Gasteiger partial charge in [-0.25, -0.2) is 0 Å². The minimum Gasteiger partial charge on any atom is -0.0836 e. The lowest BCUT2D eigenvalue weighted by Gasteiger charge is -2.06. The molecule has 1 aromatic heterocycles. The van der Waals surface area contributed by atoms with Crippen LogP contribution >= 0.6 is 7.53 Å². The molecule has 62 valence electrons. The Bertz CT molecular complexity index is 313. The van der Waals surface area contributed by atoms with Gasteiger partial charge in [0.1, 0.15) is 25.3 Å². The molecule has 0 spiro atoms. The minimum atomic E-state index is 0.0896. The molecule has 0 saturated carbocycles. The maximum Gasteiger partial charge on any atom is 0.124 e. The summed E-state index contributed by atoms with van der Waals surface area (Å²) in [6.45, 7) is 2.27. The van der Waals surface area contributed by atoms with Crippen molar-refractivity contribution in [3.63, 3.8) is 0 Å². The topological polar surface area (TPSA) is 0 Å². The fraction of sp³-hybridized carbons (Fsp3) is 0.364. The van der Waals surface area contributed by atoms with Crippen molar-refractivity contribution in [1.29, 1.82) is 0 Å². The molecule has 0 saturated heterocycles. The van der Waals surface area contributed by atoms with Crippen LogP contribution in [0, 0.1) is 0 Å². The zero-order valence-corrected chi connectivity index (χ0v) is 8.35. The van der Waals surface area contributed by atoms with Crippen molar-refractivity contribution in [2.45, 2.75) is 25.9 Å². The molecule has 1 aromatic rings. The molecule has 1 atom stereocenters. The largest absolute Gasteiger partial charge is 0.124 e. The highest BCUT2D eigenvalue weighted by Gasteiger charge is 2.09. The van der Waals surface area contributed by atoms with Crippen LogP contribution in [0.15, 0.2) is 23.7 Å². The average molecular weight is 177 g/mol. The van der Waals surface area contributed by atoms with E-state index in [4.69, 9.17) is 0 Å². The molecule has 0 radical (unpaired) electrons. The highest BCUT2D eigenvalue weighted by Crippen LogP contribution is 2.32. The monoisotopic (exact) mass is 177 g/mol. The molecule has 0 bridgehead atoms. The predicted molar refractivity (Wildman–Crippen MR) is 56.6 cm³/mol. The van der Waals surface area contributed by atoms with E-state index < -0.39 is 0 Å². The molecule has 0 fully saturated rings. The van der Waals surface area contributed by atoms with E-state index in [1.807, 2.05) is 0 Å². The maximum absolute atomic E-state index is 2.49. The number of aryl methyl sites for hydroxylation is 2. The lowest BCUT2D eigenvalue weighted by atomic mass is 10.0. The Labute approximate surface area is 75.0 Å². The van der Waals surface area contributed by atoms with E-state index in [0.717, 1.165) is 0 Å². The molecule has 1 heteroatoms. The van der Waals surface area contributed by atoms with E-state index in [1.54, 1.807) is 5.56 Å². The van der Waals surface area contributed by atoms with Crippen molar-refractivity contribution < 1.29 is 0 Å². The smallest absolute Gasteiger partial charge is 0.0836 e. The second-order valence-corrected chi connectivity index (χ2v) is 5.41. The summed E-state index contributed by atoms with van der Waals surface area (Å²) in [5.74, 6) is 4.87. The van der Waals surface area contributed by atoms with Gasteiger partial charge in [-0.3, -0.25) is 0 Å². The van der Waals surface area contributed by atoms with Gasteiger partial charge in [-0.15, -0.1) is 0 Å². The van der Waals surface area contributed by atoms with Crippen LogP contribution in [-0.4, -0.2) is 0 Å². The maximum atomic E-state index is 2.49. The lowest BCUT2D eigenvalue weighted by molar-refractivity contribution is 0.990. The summed E-state index contributed by atoms with van der Waals surface area (Å²) >= 11 is 0. The molecular weight excluding hydrogens is 163 g/mol. The van der Waals surface area contributed by atoms with Crippen LogP contribution in [-0.2, 0) is 12.6 Å². The molecule has 0 nitrogen and oxygen atoms in total. The first kappa shape index (κ1) is 8.01. The first-order valence-corrected chi connectivity index (χ1v) is 6.25. The van der Waals surface area contributed by atoms with Crippen LogP contribution < -0.4 is 0 Å². The molecule has 12 heavy (non-hydrogen) atoms. The Morgan fingerprint density at radius 2 is 2.42 bits per heavy atom. The number of fused-ring (bicyclic) bond motifs is 1. The highest BCUT2D eigenvalue weighted by atomic mass is 31.1. The Hall–Kier alpha value is -0.610. The van der Waals surface area contributed by atoms with E-state index in [2.05, 4.69) is 36.7 Å². The fourth-order valence-electron chi connectivity index (χ4n) is 1.62. The van der Waals surface area contributed by atoms with Gasteiger partial charge in [0.05, 0.1) is 0 Å². The molecule has 2 rings (SSSR count). The molecule has 1 unspecified atom stereocenters. The second kappa shape index (κ2) is 3.41. The van der Waals surface area contributed by atoms with Gasteiger partial charge in [0, 0.05) is 5.56 Å². The molecule has 0 aromatic carbocycles. The Morgan fingerprint density at radius 1 is 1.50 bits per heavy atom. The van der Waals surface area contributed by atoms with E-state index in [1.165, 1.54) is 24.6 Å². The molecule has 0 aliphatic heterocycles. The second-order valence-electron chi connectivity index (χ2n) is 3.20. The van der Waals surface area contributed by atoms with E-state index in [9.17, 15) is 0 Å². The van der Waals surface area contributed by atoms with E-state index >= 15 is 0 Å². The van der Waals surface area contributed by atoms with Gasteiger partial charge in [0.25, 0.3) is 0 Å². The van der Waals surface area contributed by atoms with Crippen molar-refractivity contribution >= 4 is 13.6 Å². The number of hydrogen-bond donors (Lipinski definition) is 0. The number of allylic oxidation sites excluding steroid dienone is 1. The first-order chi connectivity index (χ1) is 5.90. The van der Waals surface area contributed by atoms with Crippen molar-refractivity contribution in [2.75, 3.05) is 0 Å². The molecule has 0 amide bonds. The summed E-state index contributed by atoms with van der Waals surface area (Å²) in [6, 6.07) is 2.31. The Balaban J connectivity index is 2.44. The minimum absolute atomic E-state index is 0.0896. The van der Waals surface area contributed by atoms with Crippen molar-refractivity contribution in [3.05, 3.63) is 34.9 Å². The molecule has 1 aliphatic rings. The molecule has 1 aliphatic carbocycles. The average Bonchev–Trinajstić information content (AvgIpc) is 2.17. The van der Waals surface area contributed by atoms with Gasteiger partial charge >= 0.3 is 0 Å². The molecule has 1 heterocycles. The van der Waals surface area contributed by atoms with Gasteiger partial charge in [-0.05, 0) is 31.4 Å². The predicted octanol–water partition coefficient (Wildman–Crippen LogP) is 3.93. The normalized spacial score (nSPS) is 15.9. The Kier molecular flexibility index (Phi) is 2.28. The molecule has 0 N–H and O–H groups in total. The zero-order chi connectivity index (χ0) is 8.39. The zero-order valence-electron chi connectivity index (χ0n) is 7.46. The van der Waals surface area contributed by atoms with E-state index in [0.29, 0.717) is 0 Å². The van der Waals surface area contributed by atoms with Gasteiger partial charge < -0.3 is 0 Å². The van der Waals surface area contributed by atoms with Crippen LogP contribution in [0.25, 0.3) is 6.08 Å². The van der Waals surface area contributed by atoms with Crippen molar-refractivity contribution in [3.8, 4) is 0 Å². The third kappa shape index (κ3) is 1.44. The summed E-state index contributed by atoms with van der Waals surface area (Å²) < 4.78 is 0. The number of hydrogen-bond acceptors (Lipinski definition) is 0. The Morgan fingerprint density at radius 3 is 3.25 bits per heavy atom. The fourth-order valence-corrected chi connectivity index (χ4v) is 3.13. The van der Waals surface area contributed by atoms with Gasteiger partial charge in [-0.2, -0.15) is 0 Å². The van der Waals surface area contributed by atoms with Crippen LogP contribution in [0.1, 0.15) is 24.5 Å². The van der Waals surface area contributed by atoms with Crippen LogP contribution in [0.4, 0.5) is 0 Å². The SMILES string of the molecule is CC[p+]1ccc2c(c1)CCC=C2. The quantitative estimate of drug-likeness (QED) is 0.609. The highest BCUT2D eigenvalue weighted by molar-refractivity contribution is 7.47. The standard InChI is InChI=1S/C11H14P/c1-2-12-8-7-10-5-3-4-6-11(10)9-12/h3,5,7-9H,2,4,6H2,1H3/q+1. The summed E-state index contributed by atoms with van der Waals surface area (Å²) in [6.07, 6.45) is 8.32.